The molecule has 3 aromatic carbocycles. The van der Waals surface area contributed by atoms with Gasteiger partial charge in [-0.15, -0.1) is 0 Å². The highest BCUT2D eigenvalue weighted by atomic mass is 32.3. The Bertz CT molecular complexity index is 957. The van der Waals surface area contributed by atoms with Gasteiger partial charge < -0.3 is 10.5 Å². The van der Waals surface area contributed by atoms with Crippen molar-refractivity contribution in [2.45, 2.75) is 19.4 Å². The van der Waals surface area contributed by atoms with Crippen LogP contribution in [0.1, 0.15) is 12.5 Å². The Morgan fingerprint density at radius 1 is 0.923 bits per heavy atom. The van der Waals surface area contributed by atoms with Crippen LogP contribution in [0, 0.1) is 0 Å². The Morgan fingerprint density at radius 3 is 2.15 bits per heavy atom. The fourth-order valence-electron chi connectivity index (χ4n) is 2.52. The summed E-state index contributed by atoms with van der Waals surface area (Å²) in [6, 6.07) is 22.6. The molecule has 0 bridgehead atoms. The SMILES string of the molecule is CC(N)Cc1ccccc1Oc1cccc2ccccc12.O=S(=O)(O)O. The monoisotopic (exact) mass is 375 g/mol. The molecule has 0 saturated carbocycles. The fourth-order valence-corrected chi connectivity index (χ4v) is 2.52. The lowest BCUT2D eigenvalue weighted by Gasteiger charge is -2.14. The second-order valence-corrected chi connectivity index (χ2v) is 6.71. The van der Waals surface area contributed by atoms with Crippen molar-refractivity contribution in [2.75, 3.05) is 0 Å². The molecule has 0 aliphatic rings. The smallest absolute Gasteiger partial charge is 0.394 e. The summed E-state index contributed by atoms with van der Waals surface area (Å²) in [5.41, 5.74) is 7.06. The van der Waals surface area contributed by atoms with Gasteiger partial charge in [0.1, 0.15) is 11.5 Å². The number of rotatable bonds is 4. The Balaban J connectivity index is 0.000000431. The summed E-state index contributed by atoms with van der Waals surface area (Å²) in [5, 5.41) is 2.30. The molecule has 0 spiro atoms. The molecule has 0 radical (unpaired) electrons. The van der Waals surface area contributed by atoms with Crippen LogP contribution in [0.3, 0.4) is 0 Å². The molecule has 4 N–H and O–H groups in total. The van der Waals surface area contributed by atoms with E-state index in [-0.39, 0.29) is 6.04 Å². The van der Waals surface area contributed by atoms with E-state index >= 15 is 0 Å². The topological polar surface area (TPSA) is 110 Å². The first-order valence-corrected chi connectivity index (χ1v) is 9.32. The van der Waals surface area contributed by atoms with Crippen molar-refractivity contribution >= 4 is 21.2 Å². The maximum absolute atomic E-state index is 8.74. The van der Waals surface area contributed by atoms with Gasteiger partial charge in [-0.2, -0.15) is 8.42 Å². The molecular formula is C19H21NO5S. The number of hydrogen-bond acceptors (Lipinski definition) is 4. The zero-order chi connectivity index (χ0) is 19.2. The van der Waals surface area contributed by atoms with Crippen molar-refractivity contribution in [3.8, 4) is 11.5 Å². The lowest BCUT2D eigenvalue weighted by Crippen LogP contribution is -2.18. The van der Waals surface area contributed by atoms with Crippen LogP contribution in [0.4, 0.5) is 0 Å². The molecule has 0 fully saturated rings. The molecule has 0 aliphatic carbocycles. The minimum absolute atomic E-state index is 0.113. The Kier molecular flexibility index (Phi) is 6.70. The van der Waals surface area contributed by atoms with Crippen LogP contribution in [0.5, 0.6) is 11.5 Å². The molecule has 1 unspecified atom stereocenters. The van der Waals surface area contributed by atoms with Crippen LogP contribution in [0.15, 0.2) is 66.7 Å². The molecule has 0 aliphatic heterocycles. The first-order valence-electron chi connectivity index (χ1n) is 7.93. The molecule has 0 saturated heterocycles. The molecular weight excluding hydrogens is 354 g/mol. The zero-order valence-electron chi connectivity index (χ0n) is 14.2. The third-order valence-electron chi connectivity index (χ3n) is 3.48. The molecule has 6 nitrogen and oxygen atoms in total. The van der Waals surface area contributed by atoms with Crippen LogP contribution in [0.25, 0.3) is 10.8 Å². The van der Waals surface area contributed by atoms with Gasteiger partial charge in [-0.25, -0.2) is 0 Å². The molecule has 0 heterocycles. The second-order valence-electron chi connectivity index (χ2n) is 5.82. The van der Waals surface area contributed by atoms with E-state index in [4.69, 9.17) is 28.0 Å². The average Bonchev–Trinajstić information content (AvgIpc) is 2.55. The standard InChI is InChI=1S/C19H19NO.H2O4S/c1-14(20)13-16-8-3-5-11-18(16)21-19-12-6-9-15-7-2-4-10-17(15)19;1-5(2,3)4/h2-12,14H,13,20H2,1H3;(H2,1,2,3,4). The number of benzene rings is 3. The zero-order valence-corrected chi connectivity index (χ0v) is 15.1. The first-order chi connectivity index (χ1) is 12.2. The molecule has 7 heteroatoms. The maximum Gasteiger partial charge on any atom is 0.394 e. The number of hydrogen-bond donors (Lipinski definition) is 3. The second kappa shape index (κ2) is 8.77. The van der Waals surface area contributed by atoms with Crippen LogP contribution in [-0.4, -0.2) is 23.6 Å². The van der Waals surface area contributed by atoms with Crippen molar-refractivity contribution < 1.29 is 22.3 Å². The summed E-state index contributed by atoms with van der Waals surface area (Å²) in [6.45, 7) is 2.01. The van der Waals surface area contributed by atoms with Gasteiger partial charge in [-0.05, 0) is 36.4 Å². The largest absolute Gasteiger partial charge is 0.456 e. The van der Waals surface area contributed by atoms with E-state index in [0.717, 1.165) is 28.9 Å². The summed E-state index contributed by atoms with van der Waals surface area (Å²) in [7, 11) is -4.67. The summed E-state index contributed by atoms with van der Waals surface area (Å²) in [6.07, 6.45) is 0.806. The van der Waals surface area contributed by atoms with Gasteiger partial charge in [0, 0.05) is 11.4 Å². The van der Waals surface area contributed by atoms with Gasteiger partial charge in [-0.1, -0.05) is 54.6 Å². The van der Waals surface area contributed by atoms with Crippen molar-refractivity contribution in [2.24, 2.45) is 5.73 Å². The van der Waals surface area contributed by atoms with E-state index in [9.17, 15) is 0 Å². The predicted octanol–water partition coefficient (Wildman–Crippen LogP) is 3.87. The summed E-state index contributed by atoms with van der Waals surface area (Å²) >= 11 is 0. The first kappa shape index (κ1) is 19.9. The molecule has 3 rings (SSSR count). The summed E-state index contributed by atoms with van der Waals surface area (Å²) < 4.78 is 37.8. The summed E-state index contributed by atoms with van der Waals surface area (Å²) in [4.78, 5) is 0. The third-order valence-corrected chi connectivity index (χ3v) is 3.48. The maximum atomic E-state index is 8.74. The van der Waals surface area contributed by atoms with E-state index in [1.807, 2.05) is 49.4 Å². The van der Waals surface area contributed by atoms with E-state index < -0.39 is 10.4 Å². The number of ether oxygens (including phenoxy) is 1. The van der Waals surface area contributed by atoms with Crippen molar-refractivity contribution in [1.82, 2.24) is 0 Å². The molecule has 1 atom stereocenters. The molecule has 138 valence electrons. The van der Waals surface area contributed by atoms with E-state index in [2.05, 4.69) is 24.3 Å². The number of para-hydroxylation sites is 1. The number of nitrogens with two attached hydrogens (primary N) is 1. The highest BCUT2D eigenvalue weighted by Gasteiger charge is 2.08. The van der Waals surface area contributed by atoms with Crippen LogP contribution in [0.2, 0.25) is 0 Å². The van der Waals surface area contributed by atoms with Gasteiger partial charge in [0.15, 0.2) is 0 Å². The lowest BCUT2D eigenvalue weighted by molar-refractivity contribution is 0.381. The van der Waals surface area contributed by atoms with Gasteiger partial charge in [0.05, 0.1) is 0 Å². The fraction of sp³-hybridized carbons (Fsp3) is 0.158. The average molecular weight is 375 g/mol. The van der Waals surface area contributed by atoms with E-state index in [1.165, 1.54) is 5.39 Å². The molecule has 0 aromatic heterocycles. The van der Waals surface area contributed by atoms with E-state index in [1.54, 1.807) is 0 Å². The normalized spacial score (nSPS) is 12.2. The predicted molar refractivity (Wildman–Crippen MR) is 102 cm³/mol. The minimum Gasteiger partial charge on any atom is -0.456 e. The molecule has 0 amide bonds. The minimum atomic E-state index is -4.67. The van der Waals surface area contributed by atoms with Crippen LogP contribution < -0.4 is 10.5 Å². The van der Waals surface area contributed by atoms with Crippen LogP contribution >= 0.6 is 0 Å². The lowest BCUT2D eigenvalue weighted by atomic mass is 10.1. The highest BCUT2D eigenvalue weighted by molar-refractivity contribution is 7.79. The van der Waals surface area contributed by atoms with Gasteiger partial charge in [0.25, 0.3) is 0 Å². The quantitative estimate of drug-likeness (QED) is 0.597. The Hall–Kier alpha value is -2.45. The molecule has 3 aromatic rings. The van der Waals surface area contributed by atoms with Crippen LogP contribution in [-0.2, 0) is 16.8 Å². The summed E-state index contributed by atoms with van der Waals surface area (Å²) in [5.74, 6) is 1.76. The molecule has 26 heavy (non-hydrogen) atoms. The van der Waals surface area contributed by atoms with Gasteiger partial charge in [0.2, 0.25) is 0 Å². The van der Waals surface area contributed by atoms with Crippen molar-refractivity contribution in [1.29, 1.82) is 0 Å². The van der Waals surface area contributed by atoms with Gasteiger partial charge in [-0.3, -0.25) is 9.11 Å². The highest BCUT2D eigenvalue weighted by Crippen LogP contribution is 2.31. The van der Waals surface area contributed by atoms with Crippen molar-refractivity contribution in [3.63, 3.8) is 0 Å². The van der Waals surface area contributed by atoms with E-state index in [0.29, 0.717) is 0 Å². The third kappa shape index (κ3) is 6.45. The Labute approximate surface area is 152 Å². The van der Waals surface area contributed by atoms with Crippen molar-refractivity contribution in [3.05, 3.63) is 72.3 Å². The number of fused-ring (bicyclic) bond motifs is 1. The van der Waals surface area contributed by atoms with Gasteiger partial charge >= 0.3 is 10.4 Å². The Morgan fingerprint density at radius 2 is 1.46 bits per heavy atom.